The molecule has 7 heteroatoms. The lowest BCUT2D eigenvalue weighted by Gasteiger charge is -2.20. The summed E-state index contributed by atoms with van der Waals surface area (Å²) in [6.45, 7) is 6.88. The number of hydrogen-bond acceptors (Lipinski definition) is 5. The predicted octanol–water partition coefficient (Wildman–Crippen LogP) is 3.87. The van der Waals surface area contributed by atoms with Crippen LogP contribution in [0.25, 0.3) is 0 Å². The van der Waals surface area contributed by atoms with Crippen LogP contribution in [0.15, 0.2) is 30.7 Å². The molecule has 2 heterocycles. The largest absolute Gasteiger partial charge is 0.490 e. The van der Waals surface area contributed by atoms with Gasteiger partial charge < -0.3 is 15.2 Å². The van der Waals surface area contributed by atoms with Crippen LogP contribution in [0.5, 0.6) is 11.6 Å². The first-order valence-corrected chi connectivity index (χ1v) is 8.29. The summed E-state index contributed by atoms with van der Waals surface area (Å²) in [6, 6.07) is 3.20. The molecule has 0 aromatic carbocycles. The van der Waals surface area contributed by atoms with Gasteiger partial charge in [0, 0.05) is 12.4 Å². The minimum Gasteiger partial charge on any atom is -0.490 e. The maximum absolute atomic E-state index is 6.01. The number of nitrogens with zero attached hydrogens (tertiary/aromatic N) is 2. The summed E-state index contributed by atoms with van der Waals surface area (Å²) >= 11 is 11.8. The monoisotopic (exact) mass is 369 g/mol. The summed E-state index contributed by atoms with van der Waals surface area (Å²) in [4.78, 5) is 8.22. The molecule has 2 aromatic rings. The molecule has 0 aliphatic rings. The van der Waals surface area contributed by atoms with Crippen molar-refractivity contribution in [2.45, 2.75) is 32.2 Å². The van der Waals surface area contributed by atoms with Gasteiger partial charge in [-0.05, 0) is 23.1 Å². The zero-order valence-corrected chi connectivity index (χ0v) is 15.4. The van der Waals surface area contributed by atoms with E-state index in [1.54, 1.807) is 12.3 Å². The molecule has 0 amide bonds. The van der Waals surface area contributed by atoms with Gasteiger partial charge in [0.2, 0.25) is 5.88 Å². The van der Waals surface area contributed by atoms with Crippen LogP contribution in [0.2, 0.25) is 10.0 Å². The molecule has 0 unspecified atom stereocenters. The minimum absolute atomic E-state index is 0.00853. The Labute approximate surface area is 152 Å². The summed E-state index contributed by atoms with van der Waals surface area (Å²) in [5, 5.41) is 0.795. The van der Waals surface area contributed by atoms with Gasteiger partial charge >= 0.3 is 0 Å². The second kappa shape index (κ2) is 8.01. The summed E-state index contributed by atoms with van der Waals surface area (Å²) in [5.41, 5.74) is 7.11. The third-order valence-electron chi connectivity index (χ3n) is 3.25. The van der Waals surface area contributed by atoms with Crippen molar-refractivity contribution < 1.29 is 9.47 Å². The highest BCUT2D eigenvalue weighted by atomic mass is 35.5. The van der Waals surface area contributed by atoms with E-state index in [4.69, 9.17) is 38.4 Å². The number of hydrogen-bond donors (Lipinski definition) is 1. The zero-order chi connectivity index (χ0) is 17.7. The SMILES string of the molecule is CC(C)(C)c1cncc(OC[C@@H](N)COc2ncc(Cl)cc2Cl)c1. The molecule has 0 saturated carbocycles. The van der Waals surface area contributed by atoms with E-state index < -0.39 is 0 Å². The van der Waals surface area contributed by atoms with Gasteiger partial charge in [-0.1, -0.05) is 44.0 Å². The predicted molar refractivity (Wildman–Crippen MR) is 96.2 cm³/mol. The number of halogens is 2. The van der Waals surface area contributed by atoms with E-state index in [0.29, 0.717) is 28.3 Å². The average Bonchev–Trinajstić information content (AvgIpc) is 2.51. The Balaban J connectivity index is 1.86. The number of rotatable bonds is 6. The van der Waals surface area contributed by atoms with E-state index in [1.165, 1.54) is 6.20 Å². The normalized spacial score (nSPS) is 12.8. The lowest BCUT2D eigenvalue weighted by Crippen LogP contribution is -2.34. The maximum atomic E-state index is 6.01. The molecule has 2 aromatic heterocycles. The van der Waals surface area contributed by atoms with Crippen LogP contribution < -0.4 is 15.2 Å². The van der Waals surface area contributed by atoms with Crippen molar-refractivity contribution in [2.75, 3.05) is 13.2 Å². The van der Waals surface area contributed by atoms with Crippen LogP contribution in [0.3, 0.4) is 0 Å². The lowest BCUT2D eigenvalue weighted by molar-refractivity contribution is 0.215. The van der Waals surface area contributed by atoms with E-state index in [0.717, 1.165) is 5.56 Å². The first-order valence-electron chi connectivity index (χ1n) is 7.53. The third-order valence-corrected chi connectivity index (χ3v) is 3.73. The smallest absolute Gasteiger partial charge is 0.232 e. The first kappa shape index (κ1) is 18.8. The highest BCUT2D eigenvalue weighted by Crippen LogP contribution is 2.25. The fourth-order valence-electron chi connectivity index (χ4n) is 1.85. The van der Waals surface area contributed by atoms with Crippen LogP contribution >= 0.6 is 23.2 Å². The van der Waals surface area contributed by atoms with Crippen molar-refractivity contribution in [2.24, 2.45) is 5.73 Å². The van der Waals surface area contributed by atoms with Crippen LogP contribution in [0.4, 0.5) is 0 Å². The molecule has 2 rings (SSSR count). The van der Waals surface area contributed by atoms with Crippen molar-refractivity contribution >= 4 is 23.2 Å². The fraction of sp³-hybridized carbons (Fsp3) is 0.412. The molecule has 0 saturated heterocycles. The summed E-state index contributed by atoms with van der Waals surface area (Å²) in [6.07, 6.45) is 4.97. The summed E-state index contributed by atoms with van der Waals surface area (Å²) < 4.78 is 11.2. The maximum Gasteiger partial charge on any atom is 0.232 e. The number of ether oxygens (including phenoxy) is 2. The van der Waals surface area contributed by atoms with Crippen molar-refractivity contribution in [1.82, 2.24) is 9.97 Å². The van der Waals surface area contributed by atoms with E-state index in [2.05, 4.69) is 30.7 Å². The van der Waals surface area contributed by atoms with Gasteiger partial charge in [-0.25, -0.2) is 4.98 Å². The molecule has 5 nitrogen and oxygen atoms in total. The van der Waals surface area contributed by atoms with Gasteiger partial charge in [-0.15, -0.1) is 0 Å². The second-order valence-electron chi connectivity index (χ2n) is 6.48. The average molecular weight is 370 g/mol. The van der Waals surface area contributed by atoms with E-state index in [9.17, 15) is 0 Å². The molecule has 0 aliphatic carbocycles. The Morgan fingerprint density at radius 3 is 2.46 bits per heavy atom. The van der Waals surface area contributed by atoms with Gasteiger partial charge in [-0.2, -0.15) is 0 Å². The van der Waals surface area contributed by atoms with E-state index in [1.807, 2.05) is 12.3 Å². The third kappa shape index (κ3) is 5.51. The number of pyridine rings is 2. The molecule has 24 heavy (non-hydrogen) atoms. The molecule has 0 bridgehead atoms. The van der Waals surface area contributed by atoms with Crippen LogP contribution in [-0.4, -0.2) is 29.2 Å². The molecular weight excluding hydrogens is 349 g/mol. The first-order chi connectivity index (χ1) is 11.3. The van der Waals surface area contributed by atoms with Gasteiger partial charge in [0.15, 0.2) is 0 Å². The zero-order valence-electron chi connectivity index (χ0n) is 13.9. The van der Waals surface area contributed by atoms with E-state index in [-0.39, 0.29) is 18.1 Å². The van der Waals surface area contributed by atoms with Gasteiger partial charge in [0.1, 0.15) is 24.0 Å². The molecule has 0 spiro atoms. The lowest BCUT2D eigenvalue weighted by atomic mass is 9.88. The quantitative estimate of drug-likeness (QED) is 0.836. The number of nitrogens with two attached hydrogens (primary N) is 1. The van der Waals surface area contributed by atoms with Gasteiger partial charge in [0.25, 0.3) is 0 Å². The molecule has 2 N–H and O–H groups in total. The van der Waals surface area contributed by atoms with Gasteiger partial charge in [0.05, 0.1) is 17.3 Å². The molecule has 0 aliphatic heterocycles. The molecule has 0 radical (unpaired) electrons. The Kier molecular flexibility index (Phi) is 6.27. The molecular formula is C17H21Cl2N3O2. The van der Waals surface area contributed by atoms with Crippen LogP contribution in [0.1, 0.15) is 26.3 Å². The summed E-state index contributed by atoms with van der Waals surface area (Å²) in [7, 11) is 0. The van der Waals surface area contributed by atoms with Crippen molar-refractivity contribution in [3.8, 4) is 11.6 Å². The number of aromatic nitrogens is 2. The van der Waals surface area contributed by atoms with Gasteiger partial charge in [-0.3, -0.25) is 4.98 Å². The molecule has 1 atom stereocenters. The molecule has 130 valence electrons. The second-order valence-corrected chi connectivity index (χ2v) is 7.33. The molecule has 0 fully saturated rings. The van der Waals surface area contributed by atoms with Crippen LogP contribution in [0, 0.1) is 0 Å². The highest BCUT2D eigenvalue weighted by Gasteiger charge is 2.15. The fourth-order valence-corrected chi connectivity index (χ4v) is 2.29. The highest BCUT2D eigenvalue weighted by molar-refractivity contribution is 6.35. The van der Waals surface area contributed by atoms with Crippen molar-refractivity contribution in [1.29, 1.82) is 0 Å². The van der Waals surface area contributed by atoms with Crippen LogP contribution in [-0.2, 0) is 5.41 Å². The van der Waals surface area contributed by atoms with E-state index >= 15 is 0 Å². The Bertz CT molecular complexity index is 690. The minimum atomic E-state index is -0.336. The topological polar surface area (TPSA) is 70.3 Å². The van der Waals surface area contributed by atoms with Crippen molar-refractivity contribution in [3.63, 3.8) is 0 Å². The Hall–Kier alpha value is -1.56. The van der Waals surface area contributed by atoms with Crippen molar-refractivity contribution in [3.05, 3.63) is 46.3 Å². The Morgan fingerprint density at radius 1 is 1.08 bits per heavy atom. The summed E-state index contributed by atoms with van der Waals surface area (Å²) in [5.74, 6) is 0.980. The Morgan fingerprint density at radius 2 is 1.79 bits per heavy atom. The standard InChI is InChI=1S/C17H21Cl2N3O2/c1-17(2,3)11-4-14(8-21-6-11)23-9-13(20)10-24-16-15(19)5-12(18)7-22-16/h4-8,13H,9-10,20H2,1-3H3/t13-/m1/s1.